The number of nitrogens with two attached hydrogens (primary N) is 1. The zero-order chi connectivity index (χ0) is 15.6. The van der Waals surface area contributed by atoms with Gasteiger partial charge in [0.1, 0.15) is 16.6 Å². The van der Waals surface area contributed by atoms with Gasteiger partial charge in [0.2, 0.25) is 0 Å². The van der Waals surface area contributed by atoms with E-state index in [1.165, 1.54) is 24.3 Å². The van der Waals surface area contributed by atoms with Crippen LogP contribution in [0.15, 0.2) is 41.4 Å². The Kier molecular flexibility index (Phi) is 4.40. The summed E-state index contributed by atoms with van der Waals surface area (Å²) in [6.07, 6.45) is 0.904. The minimum absolute atomic E-state index is 0.00838. The maximum atomic E-state index is 12.7. The highest BCUT2D eigenvalue weighted by Gasteiger charge is 2.17. The highest BCUT2D eigenvalue weighted by atomic mass is 35.5. The lowest BCUT2D eigenvalue weighted by molar-refractivity contribution is 0.600. The quantitative estimate of drug-likeness (QED) is 0.830. The van der Waals surface area contributed by atoms with Gasteiger partial charge in [0.05, 0.1) is 16.1 Å². The van der Waals surface area contributed by atoms with Gasteiger partial charge in [0, 0.05) is 5.56 Å². The summed E-state index contributed by atoms with van der Waals surface area (Å²) in [7, 11) is -3.89. The molecule has 1 aromatic carbocycles. The third kappa shape index (κ3) is 3.66. The van der Waals surface area contributed by atoms with Gasteiger partial charge in [-0.15, -0.1) is 0 Å². The summed E-state index contributed by atoms with van der Waals surface area (Å²) in [6, 6.07) is 6.25. The first-order valence-electron chi connectivity index (χ1n) is 5.53. The molecule has 0 aliphatic rings. The molecule has 0 unspecified atom stereocenters. The second kappa shape index (κ2) is 5.92. The number of pyridine rings is 1. The minimum Gasteiger partial charge on any atom is -0.389 e. The molecule has 9 heteroatoms. The van der Waals surface area contributed by atoms with E-state index in [9.17, 15) is 12.8 Å². The lowest BCUT2D eigenvalue weighted by Gasteiger charge is -2.09. The molecule has 0 radical (unpaired) electrons. The van der Waals surface area contributed by atoms with E-state index < -0.39 is 15.8 Å². The number of nitrogens with one attached hydrogen (secondary N) is 1. The Hall–Kier alpha value is -1.77. The largest absolute Gasteiger partial charge is 0.389 e. The zero-order valence-corrected chi connectivity index (χ0v) is 12.8. The van der Waals surface area contributed by atoms with Gasteiger partial charge in [0.25, 0.3) is 10.0 Å². The monoisotopic (exact) mass is 345 g/mol. The normalized spacial score (nSPS) is 11.1. The number of sulfonamides is 1. The van der Waals surface area contributed by atoms with Crippen LogP contribution in [0, 0.1) is 5.82 Å². The lowest BCUT2D eigenvalue weighted by Crippen LogP contribution is -2.15. The standard InChI is InChI=1S/C12H9ClFN3O2S2/c13-10-5-8(2-3-9(10)12(15)20)21(18,19)17-11-4-1-7(14)6-16-11/h1-6H,(H2,15,20)(H,16,17). The van der Waals surface area contributed by atoms with E-state index in [2.05, 4.69) is 9.71 Å². The van der Waals surface area contributed by atoms with Crippen molar-refractivity contribution in [1.29, 1.82) is 0 Å². The smallest absolute Gasteiger partial charge is 0.263 e. The van der Waals surface area contributed by atoms with Crippen molar-refractivity contribution in [2.45, 2.75) is 4.90 Å². The number of nitrogens with zero attached hydrogens (tertiary/aromatic N) is 1. The van der Waals surface area contributed by atoms with E-state index >= 15 is 0 Å². The van der Waals surface area contributed by atoms with Crippen LogP contribution in [0.2, 0.25) is 5.02 Å². The molecule has 0 bridgehead atoms. The average molecular weight is 346 g/mol. The second-order valence-electron chi connectivity index (χ2n) is 3.97. The predicted molar refractivity (Wildman–Crippen MR) is 82.3 cm³/mol. The van der Waals surface area contributed by atoms with Crippen LogP contribution in [0.1, 0.15) is 5.56 Å². The Labute approximate surface area is 131 Å². The second-order valence-corrected chi connectivity index (χ2v) is 6.50. The summed E-state index contributed by atoms with van der Waals surface area (Å²) < 4.78 is 39.2. The maximum absolute atomic E-state index is 12.7. The zero-order valence-electron chi connectivity index (χ0n) is 10.4. The Morgan fingerprint density at radius 1 is 1.33 bits per heavy atom. The molecule has 110 valence electrons. The van der Waals surface area contributed by atoms with Crippen molar-refractivity contribution in [3.05, 3.63) is 52.9 Å². The van der Waals surface area contributed by atoms with Gasteiger partial charge in [-0.2, -0.15) is 0 Å². The summed E-state index contributed by atoms with van der Waals surface area (Å²) in [6.45, 7) is 0. The number of thiocarbonyl (C=S) groups is 1. The van der Waals surface area contributed by atoms with Crippen LogP contribution in [-0.2, 0) is 10.0 Å². The molecule has 2 rings (SSSR count). The predicted octanol–water partition coefficient (Wildman–Crippen LogP) is 2.31. The van der Waals surface area contributed by atoms with Crippen LogP contribution < -0.4 is 10.5 Å². The maximum Gasteiger partial charge on any atom is 0.263 e. The average Bonchev–Trinajstić information content (AvgIpc) is 2.40. The fourth-order valence-corrected chi connectivity index (χ4v) is 3.11. The van der Waals surface area contributed by atoms with E-state index in [1.54, 1.807) is 0 Å². The summed E-state index contributed by atoms with van der Waals surface area (Å²) in [5.74, 6) is -0.576. The molecule has 1 heterocycles. The highest BCUT2D eigenvalue weighted by molar-refractivity contribution is 7.92. The summed E-state index contributed by atoms with van der Waals surface area (Å²) in [5, 5.41) is 0.123. The number of hydrogen-bond acceptors (Lipinski definition) is 4. The molecule has 0 aliphatic carbocycles. The Morgan fingerprint density at radius 3 is 2.57 bits per heavy atom. The van der Waals surface area contributed by atoms with Gasteiger partial charge < -0.3 is 5.73 Å². The van der Waals surface area contributed by atoms with E-state index in [0.717, 1.165) is 12.3 Å². The van der Waals surface area contributed by atoms with E-state index in [4.69, 9.17) is 29.6 Å². The molecule has 0 fully saturated rings. The van der Waals surface area contributed by atoms with Crippen molar-refractivity contribution in [3.63, 3.8) is 0 Å². The Bertz CT molecular complexity index is 795. The topological polar surface area (TPSA) is 85.1 Å². The molecular weight excluding hydrogens is 337 g/mol. The summed E-state index contributed by atoms with van der Waals surface area (Å²) in [5.41, 5.74) is 5.83. The first-order valence-corrected chi connectivity index (χ1v) is 7.80. The van der Waals surface area contributed by atoms with Crippen LogP contribution in [0.25, 0.3) is 0 Å². The third-order valence-electron chi connectivity index (χ3n) is 2.48. The first kappa shape index (κ1) is 15.6. The number of aromatic nitrogens is 1. The molecule has 0 amide bonds. The molecule has 0 spiro atoms. The van der Waals surface area contributed by atoms with Crippen molar-refractivity contribution in [3.8, 4) is 0 Å². The van der Waals surface area contributed by atoms with Crippen LogP contribution in [0.4, 0.5) is 10.2 Å². The van der Waals surface area contributed by atoms with Crippen molar-refractivity contribution >= 4 is 44.6 Å². The fraction of sp³-hybridized carbons (Fsp3) is 0. The molecule has 5 nitrogen and oxygen atoms in total. The molecule has 0 saturated carbocycles. The van der Waals surface area contributed by atoms with E-state index in [1.807, 2.05) is 0 Å². The molecule has 1 aromatic heterocycles. The van der Waals surface area contributed by atoms with Crippen LogP contribution in [0.5, 0.6) is 0 Å². The molecule has 2 aromatic rings. The first-order chi connectivity index (χ1) is 9.79. The highest BCUT2D eigenvalue weighted by Crippen LogP contribution is 2.22. The number of benzene rings is 1. The number of hydrogen-bond donors (Lipinski definition) is 2. The van der Waals surface area contributed by atoms with Crippen LogP contribution in [-0.4, -0.2) is 18.4 Å². The van der Waals surface area contributed by atoms with E-state index in [0.29, 0.717) is 5.56 Å². The lowest BCUT2D eigenvalue weighted by atomic mass is 10.2. The molecule has 0 atom stereocenters. The Morgan fingerprint density at radius 2 is 2.05 bits per heavy atom. The van der Waals surface area contributed by atoms with Crippen LogP contribution >= 0.6 is 23.8 Å². The van der Waals surface area contributed by atoms with Gasteiger partial charge in [0.15, 0.2) is 0 Å². The van der Waals surface area contributed by atoms with Crippen LogP contribution in [0.3, 0.4) is 0 Å². The molecule has 0 saturated heterocycles. The number of halogens is 2. The van der Waals surface area contributed by atoms with E-state index in [-0.39, 0.29) is 20.7 Å². The molecule has 3 N–H and O–H groups in total. The molecular formula is C12H9ClFN3O2S2. The number of anilines is 1. The van der Waals surface area contributed by atoms with Gasteiger partial charge in [-0.1, -0.05) is 23.8 Å². The fourth-order valence-electron chi connectivity index (χ4n) is 1.50. The molecule has 0 aliphatic heterocycles. The summed E-state index contributed by atoms with van der Waals surface area (Å²) in [4.78, 5) is 3.60. The van der Waals surface area contributed by atoms with Crippen molar-refractivity contribution in [2.24, 2.45) is 5.73 Å². The van der Waals surface area contributed by atoms with Gasteiger partial charge in [-0.05, 0) is 30.3 Å². The van der Waals surface area contributed by atoms with Gasteiger partial charge >= 0.3 is 0 Å². The van der Waals surface area contributed by atoms with Crippen molar-refractivity contribution in [1.82, 2.24) is 4.98 Å². The van der Waals surface area contributed by atoms with Gasteiger partial charge in [-0.3, -0.25) is 4.72 Å². The minimum atomic E-state index is -3.89. The SMILES string of the molecule is NC(=S)c1ccc(S(=O)(=O)Nc2ccc(F)cn2)cc1Cl. The van der Waals surface area contributed by atoms with Crippen molar-refractivity contribution in [2.75, 3.05) is 4.72 Å². The van der Waals surface area contributed by atoms with Gasteiger partial charge in [-0.25, -0.2) is 17.8 Å². The third-order valence-corrected chi connectivity index (χ3v) is 4.37. The number of rotatable bonds is 4. The Balaban J connectivity index is 2.33. The van der Waals surface area contributed by atoms with Crippen molar-refractivity contribution < 1.29 is 12.8 Å². The molecule has 21 heavy (non-hydrogen) atoms. The summed E-state index contributed by atoms with van der Waals surface area (Å²) >= 11 is 10.7.